The van der Waals surface area contributed by atoms with E-state index in [2.05, 4.69) is 14.9 Å². The van der Waals surface area contributed by atoms with E-state index >= 15 is 0 Å². The molecule has 0 amide bonds. The van der Waals surface area contributed by atoms with Gasteiger partial charge in [-0.3, -0.25) is 5.10 Å². The van der Waals surface area contributed by atoms with Crippen LogP contribution in [0.25, 0.3) is 0 Å². The van der Waals surface area contributed by atoms with Gasteiger partial charge in [-0.2, -0.15) is 5.10 Å². The van der Waals surface area contributed by atoms with E-state index < -0.39 is 16.6 Å². The van der Waals surface area contributed by atoms with Crippen LogP contribution in [0.3, 0.4) is 0 Å². The predicted octanol–water partition coefficient (Wildman–Crippen LogP) is -0.0863. The lowest BCUT2D eigenvalue weighted by Gasteiger charge is -2.15. The van der Waals surface area contributed by atoms with Gasteiger partial charge in [-0.15, -0.1) is 0 Å². The van der Waals surface area contributed by atoms with Crippen LogP contribution in [0, 0.1) is 12.8 Å². The average Bonchev–Trinajstić information content (AvgIpc) is 2.93. The Morgan fingerprint density at radius 1 is 1.58 bits per heavy atom. The first-order chi connectivity index (χ1) is 8.95. The summed E-state index contributed by atoms with van der Waals surface area (Å²) in [6.07, 6.45) is 0.909. The zero-order valence-electron chi connectivity index (χ0n) is 11.0. The van der Waals surface area contributed by atoms with E-state index in [0.29, 0.717) is 18.8 Å². The van der Waals surface area contributed by atoms with Gasteiger partial charge in [0.2, 0.25) is 10.0 Å². The summed E-state index contributed by atoms with van der Waals surface area (Å²) in [5.41, 5.74) is 0.563. The normalized spacial score (nSPS) is 23.9. The fourth-order valence-electron chi connectivity index (χ4n) is 2.27. The van der Waals surface area contributed by atoms with Crippen LogP contribution in [0.1, 0.15) is 24.7 Å². The Morgan fingerprint density at radius 2 is 2.32 bits per heavy atom. The Kier molecular flexibility index (Phi) is 4.24. The number of aliphatic hydroxyl groups is 1. The summed E-state index contributed by atoms with van der Waals surface area (Å²) in [5, 5.41) is 15.5. The van der Waals surface area contributed by atoms with Crippen molar-refractivity contribution in [2.45, 2.75) is 37.9 Å². The first kappa shape index (κ1) is 14.4. The first-order valence-corrected chi connectivity index (χ1v) is 7.70. The summed E-state index contributed by atoms with van der Waals surface area (Å²) >= 11 is 0. The zero-order chi connectivity index (χ0) is 14.0. The fraction of sp³-hybridized carbons (Fsp3) is 0.727. The van der Waals surface area contributed by atoms with Crippen molar-refractivity contribution in [2.24, 2.45) is 5.92 Å². The van der Waals surface area contributed by atoms with Gasteiger partial charge in [0.25, 0.3) is 0 Å². The van der Waals surface area contributed by atoms with Gasteiger partial charge in [0.1, 0.15) is 10.6 Å². The molecule has 108 valence electrons. The highest BCUT2D eigenvalue weighted by atomic mass is 32.2. The van der Waals surface area contributed by atoms with E-state index in [1.807, 2.05) is 6.92 Å². The van der Waals surface area contributed by atoms with Crippen molar-refractivity contribution in [3.63, 3.8) is 0 Å². The molecule has 2 heterocycles. The van der Waals surface area contributed by atoms with Crippen LogP contribution in [-0.2, 0) is 21.4 Å². The molecule has 0 aliphatic carbocycles. The summed E-state index contributed by atoms with van der Waals surface area (Å²) in [5.74, 6) is 0.180. The lowest BCUT2D eigenvalue weighted by molar-refractivity contribution is 0.107. The second kappa shape index (κ2) is 5.58. The van der Waals surface area contributed by atoms with Crippen molar-refractivity contribution >= 4 is 10.0 Å². The fourth-order valence-corrected chi connectivity index (χ4v) is 3.71. The minimum absolute atomic E-state index is 0.0431. The molecule has 1 fully saturated rings. The van der Waals surface area contributed by atoms with Gasteiger partial charge >= 0.3 is 0 Å². The summed E-state index contributed by atoms with van der Waals surface area (Å²) in [6, 6.07) is 0. The molecule has 1 aromatic rings. The molecule has 8 heteroatoms. The maximum Gasteiger partial charge on any atom is 0.244 e. The van der Waals surface area contributed by atoms with Crippen LogP contribution in [0.15, 0.2) is 4.90 Å². The number of aryl methyl sites for hydroxylation is 1. The molecule has 2 rings (SSSR count). The van der Waals surface area contributed by atoms with Crippen LogP contribution in [-0.4, -0.2) is 43.0 Å². The maximum atomic E-state index is 12.2. The van der Waals surface area contributed by atoms with E-state index in [1.165, 1.54) is 0 Å². The third-order valence-corrected chi connectivity index (χ3v) is 5.07. The molecule has 19 heavy (non-hydrogen) atoms. The van der Waals surface area contributed by atoms with Crippen LogP contribution < -0.4 is 4.72 Å². The van der Waals surface area contributed by atoms with Crippen molar-refractivity contribution in [2.75, 3.05) is 13.2 Å². The highest BCUT2D eigenvalue weighted by molar-refractivity contribution is 7.89. The smallest absolute Gasteiger partial charge is 0.244 e. The number of sulfonamides is 1. The SMILES string of the molecule is Cc1[nH]nc(CO)c1S(=O)(=O)NCC1CCOC1C. The molecular formula is C11H19N3O4S. The molecule has 2 unspecified atom stereocenters. The number of hydrogen-bond acceptors (Lipinski definition) is 5. The highest BCUT2D eigenvalue weighted by Gasteiger charge is 2.28. The van der Waals surface area contributed by atoms with E-state index in [1.54, 1.807) is 6.92 Å². The summed E-state index contributed by atoms with van der Waals surface area (Å²) in [7, 11) is -3.66. The van der Waals surface area contributed by atoms with Crippen LogP contribution >= 0.6 is 0 Å². The van der Waals surface area contributed by atoms with E-state index in [-0.39, 0.29) is 22.6 Å². The molecule has 0 saturated carbocycles. The molecule has 3 N–H and O–H groups in total. The molecule has 0 bridgehead atoms. The Hall–Kier alpha value is -0.960. The maximum absolute atomic E-state index is 12.2. The third kappa shape index (κ3) is 2.97. The number of H-pyrrole nitrogens is 1. The minimum Gasteiger partial charge on any atom is -0.390 e. The van der Waals surface area contributed by atoms with Gasteiger partial charge < -0.3 is 9.84 Å². The molecular weight excluding hydrogens is 270 g/mol. The molecule has 0 radical (unpaired) electrons. The lowest BCUT2D eigenvalue weighted by Crippen LogP contribution is -2.32. The van der Waals surface area contributed by atoms with Crippen LogP contribution in [0.4, 0.5) is 0 Å². The van der Waals surface area contributed by atoms with Crippen LogP contribution in [0.2, 0.25) is 0 Å². The molecule has 7 nitrogen and oxygen atoms in total. The van der Waals surface area contributed by atoms with E-state index in [0.717, 1.165) is 6.42 Å². The monoisotopic (exact) mass is 289 g/mol. The number of ether oxygens (including phenoxy) is 1. The Labute approximate surface area is 112 Å². The summed E-state index contributed by atoms with van der Waals surface area (Å²) in [4.78, 5) is 0.0431. The Balaban J connectivity index is 2.12. The average molecular weight is 289 g/mol. The van der Waals surface area contributed by atoms with Gasteiger partial charge in [-0.05, 0) is 20.3 Å². The number of nitrogens with zero attached hydrogens (tertiary/aromatic N) is 1. The zero-order valence-corrected chi connectivity index (χ0v) is 11.8. The summed E-state index contributed by atoms with van der Waals surface area (Å²) < 4.78 is 32.4. The van der Waals surface area contributed by atoms with Crippen molar-refractivity contribution in [1.82, 2.24) is 14.9 Å². The topological polar surface area (TPSA) is 104 Å². The number of nitrogens with one attached hydrogen (secondary N) is 2. The third-order valence-electron chi connectivity index (χ3n) is 3.45. The molecule has 0 aromatic carbocycles. The van der Waals surface area contributed by atoms with Gasteiger partial charge in [0.05, 0.1) is 18.4 Å². The van der Waals surface area contributed by atoms with E-state index in [4.69, 9.17) is 9.84 Å². The molecule has 0 spiro atoms. The highest BCUT2D eigenvalue weighted by Crippen LogP contribution is 2.21. The van der Waals surface area contributed by atoms with Gasteiger partial charge in [0.15, 0.2) is 0 Å². The van der Waals surface area contributed by atoms with Crippen molar-refractivity contribution in [1.29, 1.82) is 0 Å². The second-order valence-corrected chi connectivity index (χ2v) is 6.46. The second-order valence-electron chi connectivity index (χ2n) is 4.76. The quantitative estimate of drug-likeness (QED) is 0.703. The van der Waals surface area contributed by atoms with Gasteiger partial charge in [-0.1, -0.05) is 0 Å². The van der Waals surface area contributed by atoms with Crippen molar-refractivity contribution < 1.29 is 18.3 Å². The standard InChI is InChI=1S/C11H19N3O4S/c1-7-11(10(6-15)14-13-7)19(16,17)12-5-9-3-4-18-8(9)2/h8-9,12,15H,3-6H2,1-2H3,(H,13,14). The Morgan fingerprint density at radius 3 is 2.89 bits per heavy atom. The number of hydrogen-bond donors (Lipinski definition) is 3. The largest absolute Gasteiger partial charge is 0.390 e. The Bertz CT molecular complexity index is 540. The molecule has 1 saturated heterocycles. The summed E-state index contributed by atoms with van der Waals surface area (Å²) in [6.45, 7) is 4.14. The number of aromatic amines is 1. The van der Waals surface area contributed by atoms with Gasteiger partial charge in [-0.25, -0.2) is 13.1 Å². The van der Waals surface area contributed by atoms with Gasteiger partial charge in [0, 0.05) is 19.1 Å². The number of aromatic nitrogens is 2. The molecule has 2 atom stereocenters. The van der Waals surface area contributed by atoms with Crippen molar-refractivity contribution in [3.8, 4) is 0 Å². The number of rotatable bonds is 5. The van der Waals surface area contributed by atoms with Crippen LogP contribution in [0.5, 0.6) is 0 Å². The molecule has 1 aliphatic heterocycles. The van der Waals surface area contributed by atoms with Crippen molar-refractivity contribution in [3.05, 3.63) is 11.4 Å². The number of aliphatic hydroxyl groups excluding tert-OH is 1. The lowest BCUT2D eigenvalue weighted by atomic mass is 10.0. The molecule has 1 aliphatic rings. The predicted molar refractivity (Wildman–Crippen MR) is 68.0 cm³/mol. The minimum atomic E-state index is -3.66. The van der Waals surface area contributed by atoms with E-state index in [9.17, 15) is 8.42 Å². The first-order valence-electron chi connectivity index (χ1n) is 6.21. The molecule has 1 aromatic heterocycles.